The number of hydrogen-bond acceptors (Lipinski definition) is 10. The number of thioether (sulfide) groups is 1. The van der Waals surface area contributed by atoms with Crippen molar-refractivity contribution in [3.8, 4) is 0 Å². The minimum Gasteiger partial charge on any atom is -0.456 e. The molecule has 0 aromatic heterocycles. The van der Waals surface area contributed by atoms with E-state index in [1.165, 1.54) is 31.0 Å². The van der Waals surface area contributed by atoms with Crippen LogP contribution >= 0.6 is 11.8 Å². The average molecular weight is 624 g/mol. The van der Waals surface area contributed by atoms with Crippen LogP contribution in [-0.2, 0) is 39.8 Å². The van der Waals surface area contributed by atoms with E-state index in [4.69, 9.17) is 34.0 Å². The predicted octanol–water partition coefficient (Wildman–Crippen LogP) is 7.56. The van der Waals surface area contributed by atoms with E-state index in [-0.39, 0.29) is 19.9 Å². The zero-order valence-electron chi connectivity index (χ0n) is 26.4. The lowest BCUT2D eigenvalue weighted by Gasteiger charge is -2.45. The van der Waals surface area contributed by atoms with Crippen LogP contribution in [-0.4, -0.2) is 66.7 Å². The molecule has 0 saturated carbocycles. The first-order chi connectivity index (χ1) is 20.6. The Hall–Kier alpha value is -2.50. The summed E-state index contributed by atoms with van der Waals surface area (Å²) in [6.45, 7) is 10.8. The smallest absolute Gasteiger partial charge is 0.456 e. The summed E-state index contributed by atoms with van der Waals surface area (Å²) in [6, 6.07) is 9.61. The number of benzene rings is 1. The van der Waals surface area contributed by atoms with E-state index in [1.54, 1.807) is 34.6 Å². The van der Waals surface area contributed by atoms with Crippen molar-refractivity contribution in [3.05, 3.63) is 46.3 Å². The summed E-state index contributed by atoms with van der Waals surface area (Å²) in [7, 11) is 0. The summed E-state index contributed by atoms with van der Waals surface area (Å²) in [4.78, 5) is 28.6. The van der Waals surface area contributed by atoms with Crippen LogP contribution in [0.3, 0.4) is 0 Å². The molecule has 1 aliphatic heterocycles. The molecule has 1 aromatic carbocycles. The second-order valence-electron chi connectivity index (χ2n) is 11.8. The van der Waals surface area contributed by atoms with Gasteiger partial charge in [0.2, 0.25) is 0 Å². The monoisotopic (exact) mass is 623 g/mol. The van der Waals surface area contributed by atoms with Gasteiger partial charge in [-0.1, -0.05) is 88.3 Å². The van der Waals surface area contributed by atoms with Gasteiger partial charge in [-0.15, -0.1) is 11.8 Å². The van der Waals surface area contributed by atoms with Crippen LogP contribution in [0.4, 0.5) is 4.79 Å². The van der Waals surface area contributed by atoms with Gasteiger partial charge in [0, 0.05) is 4.91 Å². The van der Waals surface area contributed by atoms with Gasteiger partial charge in [-0.3, -0.25) is 4.79 Å². The molecule has 1 aromatic rings. The maximum absolute atomic E-state index is 12.9. The highest BCUT2D eigenvalue weighted by atomic mass is 32.2. The van der Waals surface area contributed by atoms with Crippen molar-refractivity contribution in [2.24, 2.45) is 11.0 Å². The van der Waals surface area contributed by atoms with Crippen LogP contribution < -0.4 is 0 Å². The van der Waals surface area contributed by atoms with Gasteiger partial charge in [-0.05, 0) is 44.0 Å². The fraction of sp³-hybridized carbons (Fsp3) is 0.742. The molecule has 0 aliphatic carbocycles. The average Bonchev–Trinajstić information content (AvgIpc) is 2.95. The third-order valence-electron chi connectivity index (χ3n) is 6.50. The normalized spacial score (nSPS) is 22.1. The maximum atomic E-state index is 12.9. The van der Waals surface area contributed by atoms with Crippen molar-refractivity contribution in [1.82, 2.24) is 0 Å². The second-order valence-corrected chi connectivity index (χ2v) is 13.0. The Labute approximate surface area is 260 Å². The first-order valence-electron chi connectivity index (χ1n) is 15.2. The topological polar surface area (TPSA) is 138 Å². The third kappa shape index (κ3) is 14.2. The van der Waals surface area contributed by atoms with Gasteiger partial charge < -0.3 is 28.4 Å². The van der Waals surface area contributed by atoms with Crippen LogP contribution in [0.15, 0.2) is 35.4 Å². The number of nitrogens with zero attached hydrogens (tertiary/aromatic N) is 3. The van der Waals surface area contributed by atoms with Gasteiger partial charge in [0.15, 0.2) is 12.2 Å². The van der Waals surface area contributed by atoms with E-state index in [2.05, 4.69) is 16.9 Å². The van der Waals surface area contributed by atoms with Crippen molar-refractivity contribution in [2.75, 3.05) is 19.1 Å². The Morgan fingerprint density at radius 1 is 1.02 bits per heavy atom. The van der Waals surface area contributed by atoms with E-state index in [1.807, 2.05) is 30.3 Å². The number of azide groups is 1. The number of carbonyl (C=O) groups is 2. The second kappa shape index (κ2) is 19.7. The summed E-state index contributed by atoms with van der Waals surface area (Å²) in [5, 5.41) is 3.71. The lowest BCUT2D eigenvalue weighted by molar-refractivity contribution is -0.247. The van der Waals surface area contributed by atoms with E-state index in [0.717, 1.165) is 30.6 Å². The Balaban J connectivity index is 2.32. The Kier molecular flexibility index (Phi) is 16.8. The zero-order valence-corrected chi connectivity index (χ0v) is 27.3. The molecule has 0 radical (unpaired) electrons. The Morgan fingerprint density at radius 2 is 1.72 bits per heavy atom. The molecule has 0 N–H and O–H groups in total. The maximum Gasteiger partial charge on any atom is 0.509 e. The lowest BCUT2D eigenvalue weighted by atomic mass is 9.98. The largest absolute Gasteiger partial charge is 0.509 e. The zero-order chi connectivity index (χ0) is 31.7. The highest BCUT2D eigenvalue weighted by molar-refractivity contribution is 7.99. The summed E-state index contributed by atoms with van der Waals surface area (Å²) in [5.74, 6) is -0.194. The van der Waals surface area contributed by atoms with E-state index < -0.39 is 53.5 Å². The minimum absolute atomic E-state index is 0.107. The highest BCUT2D eigenvalue weighted by Crippen LogP contribution is 2.35. The molecule has 1 aliphatic rings. The molecule has 11 nitrogen and oxygen atoms in total. The highest BCUT2D eigenvalue weighted by Gasteiger charge is 2.51. The van der Waals surface area contributed by atoms with Crippen molar-refractivity contribution in [2.45, 2.75) is 122 Å². The molecule has 242 valence electrons. The molecule has 5 atom stereocenters. The van der Waals surface area contributed by atoms with Gasteiger partial charge in [0.1, 0.15) is 30.0 Å². The molecule has 0 unspecified atom stereocenters. The molecular formula is C31H49N3O8S. The fourth-order valence-corrected chi connectivity index (χ4v) is 5.56. The summed E-state index contributed by atoms with van der Waals surface area (Å²) in [5.41, 5.74) is 8.52. The molecule has 1 fully saturated rings. The van der Waals surface area contributed by atoms with Crippen LogP contribution in [0, 0.1) is 5.92 Å². The summed E-state index contributed by atoms with van der Waals surface area (Å²) >= 11 is 1.48. The molecule has 0 amide bonds. The van der Waals surface area contributed by atoms with E-state index >= 15 is 0 Å². The van der Waals surface area contributed by atoms with Gasteiger partial charge in [0.05, 0.1) is 19.1 Å². The molecule has 12 heteroatoms. The van der Waals surface area contributed by atoms with Crippen molar-refractivity contribution in [3.63, 3.8) is 0 Å². The standard InChI is InChI=1S/C31H49N3O8S/c1-7-8-9-10-11-15-18-43-29-27(41-30(36)42-31(4,5)6)26(38-21-37-20-23-16-13-12-14-17-23)25(40-28(35)22(2)3)24(39-29)19-33-34-32/h12-14,16-17,22,24-27,29H,7-11,15,18-21H2,1-6H3/t24-,25-,26+,27-,29+/m1/s1. The lowest BCUT2D eigenvalue weighted by Crippen LogP contribution is -2.61. The van der Waals surface area contributed by atoms with E-state index in [9.17, 15) is 9.59 Å². The summed E-state index contributed by atoms with van der Waals surface area (Å²) < 4.78 is 35.5. The number of unbranched alkanes of at least 4 members (excludes halogenated alkanes) is 5. The molecule has 1 saturated heterocycles. The molecule has 0 bridgehead atoms. The molecule has 1 heterocycles. The van der Waals surface area contributed by atoms with Crippen molar-refractivity contribution >= 4 is 23.9 Å². The minimum atomic E-state index is -1.04. The van der Waals surface area contributed by atoms with Crippen LogP contribution in [0.5, 0.6) is 0 Å². The fourth-order valence-electron chi connectivity index (χ4n) is 4.33. The van der Waals surface area contributed by atoms with Crippen molar-refractivity contribution in [1.29, 1.82) is 0 Å². The SMILES string of the molecule is CCCCCCCCS[C@@H]1O[C@H](CN=[N+]=[N-])[C@@H](OC(=O)C(C)C)[C@H](OCOCc2ccccc2)[C@H]1OC(=O)OC(C)(C)C. The van der Waals surface area contributed by atoms with Crippen LogP contribution in [0.1, 0.15) is 85.6 Å². The number of carbonyl (C=O) groups excluding carboxylic acids is 2. The van der Waals surface area contributed by atoms with Crippen LogP contribution in [0.2, 0.25) is 0 Å². The first kappa shape index (κ1) is 36.7. The van der Waals surface area contributed by atoms with Gasteiger partial charge in [-0.2, -0.15) is 0 Å². The molecule has 43 heavy (non-hydrogen) atoms. The predicted molar refractivity (Wildman–Crippen MR) is 165 cm³/mol. The molecule has 0 spiro atoms. The van der Waals surface area contributed by atoms with Gasteiger partial charge in [0.25, 0.3) is 0 Å². The molecular weight excluding hydrogens is 574 g/mol. The van der Waals surface area contributed by atoms with E-state index in [0.29, 0.717) is 0 Å². The van der Waals surface area contributed by atoms with Gasteiger partial charge in [-0.25, -0.2) is 4.79 Å². The number of rotatable bonds is 18. The number of esters is 1. The Bertz CT molecular complexity index is 1000. The van der Waals surface area contributed by atoms with Crippen LogP contribution in [0.25, 0.3) is 10.4 Å². The Morgan fingerprint density at radius 3 is 2.37 bits per heavy atom. The number of ether oxygens (including phenoxy) is 6. The van der Waals surface area contributed by atoms with Gasteiger partial charge >= 0.3 is 12.1 Å². The third-order valence-corrected chi connectivity index (χ3v) is 7.73. The van der Waals surface area contributed by atoms with Crippen molar-refractivity contribution < 1.29 is 38.0 Å². The first-order valence-corrected chi connectivity index (χ1v) is 16.2. The quantitative estimate of drug-likeness (QED) is 0.0405. The number of hydrogen-bond donors (Lipinski definition) is 0. The summed E-state index contributed by atoms with van der Waals surface area (Å²) in [6.07, 6.45) is 2.00. The molecule has 2 rings (SSSR count).